The Balaban J connectivity index is 2.31. The van der Waals surface area contributed by atoms with Crippen molar-refractivity contribution >= 4 is 18.2 Å². The van der Waals surface area contributed by atoms with Crippen molar-refractivity contribution in [3.63, 3.8) is 0 Å². The number of ether oxygens (including phenoxy) is 1. The van der Waals surface area contributed by atoms with Gasteiger partial charge >= 0.3 is 5.97 Å². The Labute approximate surface area is 118 Å². The molecule has 2 aliphatic rings. The number of fused-ring (bicyclic) bond motifs is 1. The molecule has 0 saturated carbocycles. The number of amides is 1. The Kier molecular flexibility index (Phi) is 3.69. The van der Waals surface area contributed by atoms with E-state index in [0.29, 0.717) is 24.7 Å². The number of nitrogens with zero attached hydrogens (tertiary/aromatic N) is 1. The first-order valence-corrected chi connectivity index (χ1v) is 6.72. The number of esters is 1. The highest BCUT2D eigenvalue weighted by Crippen LogP contribution is 2.36. The van der Waals surface area contributed by atoms with Gasteiger partial charge in [0, 0.05) is 5.57 Å². The van der Waals surface area contributed by atoms with Crippen molar-refractivity contribution in [3.05, 3.63) is 11.3 Å². The highest BCUT2D eigenvalue weighted by atomic mass is 16.6. The minimum atomic E-state index is -0.665. The zero-order valence-corrected chi connectivity index (χ0v) is 12.2. The van der Waals surface area contributed by atoms with Crippen molar-refractivity contribution in [2.24, 2.45) is 0 Å². The number of hydrogen-bond acceptors (Lipinski definition) is 5. The summed E-state index contributed by atoms with van der Waals surface area (Å²) in [6.07, 6.45) is 1.82. The molecule has 0 aromatic heterocycles. The standard InChI is InChI=1S/C14H20N2O4/c1-14(2,3)20-13(19)11-8(7-17)5-6-9-10(15-4)12(18)16(9)11/h7,9-10,15H,5-6H2,1-4H3. The summed E-state index contributed by atoms with van der Waals surface area (Å²) < 4.78 is 5.31. The Morgan fingerprint density at radius 1 is 1.45 bits per heavy atom. The molecule has 2 rings (SSSR count). The van der Waals surface area contributed by atoms with Crippen molar-refractivity contribution in [1.29, 1.82) is 0 Å². The van der Waals surface area contributed by atoms with Gasteiger partial charge in [0.15, 0.2) is 0 Å². The molecule has 110 valence electrons. The van der Waals surface area contributed by atoms with Gasteiger partial charge in [-0.2, -0.15) is 0 Å². The van der Waals surface area contributed by atoms with E-state index in [4.69, 9.17) is 4.74 Å². The maximum atomic E-state index is 12.3. The van der Waals surface area contributed by atoms with Crippen LogP contribution in [0.1, 0.15) is 33.6 Å². The molecule has 2 atom stereocenters. The number of allylic oxidation sites excluding steroid dienone is 1. The van der Waals surface area contributed by atoms with Gasteiger partial charge in [0.25, 0.3) is 0 Å². The van der Waals surface area contributed by atoms with Crippen LogP contribution in [0, 0.1) is 0 Å². The summed E-state index contributed by atoms with van der Waals surface area (Å²) in [6.45, 7) is 5.25. The van der Waals surface area contributed by atoms with Crippen LogP contribution in [0.4, 0.5) is 0 Å². The predicted octanol–water partition coefficient (Wildman–Crippen LogP) is 0.374. The van der Waals surface area contributed by atoms with Gasteiger partial charge in [-0.1, -0.05) is 0 Å². The van der Waals surface area contributed by atoms with Crippen molar-refractivity contribution in [3.8, 4) is 0 Å². The molecule has 6 heteroatoms. The number of carbonyl (C=O) groups is 3. The molecule has 0 aliphatic carbocycles. The maximum Gasteiger partial charge on any atom is 0.355 e. The van der Waals surface area contributed by atoms with E-state index >= 15 is 0 Å². The summed E-state index contributed by atoms with van der Waals surface area (Å²) in [6, 6.07) is -0.348. The lowest BCUT2D eigenvalue weighted by molar-refractivity contribution is -0.162. The second-order valence-corrected chi connectivity index (χ2v) is 6.07. The number of nitrogens with one attached hydrogen (secondary N) is 1. The summed E-state index contributed by atoms with van der Waals surface area (Å²) in [5.41, 5.74) is -0.206. The van der Waals surface area contributed by atoms with Crippen LogP contribution in [0.25, 0.3) is 0 Å². The Bertz CT molecular complexity index is 490. The van der Waals surface area contributed by atoms with Gasteiger partial charge in [0.2, 0.25) is 5.91 Å². The number of hydrogen-bond donors (Lipinski definition) is 1. The SMILES string of the molecule is CNC1C(=O)N2C(C(=O)OC(C)(C)C)=C(C=O)CCC12. The van der Waals surface area contributed by atoms with E-state index in [9.17, 15) is 14.4 Å². The number of β-lactam (4-membered cyclic amide) rings is 1. The highest BCUT2D eigenvalue weighted by molar-refractivity contribution is 6.04. The zero-order chi connectivity index (χ0) is 15.1. The molecule has 0 aromatic rings. The summed E-state index contributed by atoms with van der Waals surface area (Å²) in [4.78, 5) is 36.9. The fourth-order valence-corrected chi connectivity index (χ4v) is 2.68. The summed E-state index contributed by atoms with van der Waals surface area (Å²) in [7, 11) is 1.71. The van der Waals surface area contributed by atoms with Crippen LogP contribution < -0.4 is 5.32 Å². The van der Waals surface area contributed by atoms with Gasteiger partial charge in [-0.25, -0.2) is 4.79 Å². The molecule has 1 saturated heterocycles. The van der Waals surface area contributed by atoms with E-state index in [-0.39, 0.29) is 23.7 Å². The molecule has 2 aliphatic heterocycles. The van der Waals surface area contributed by atoms with Crippen molar-refractivity contribution < 1.29 is 19.1 Å². The first kappa shape index (κ1) is 14.7. The Hall–Kier alpha value is -1.69. The van der Waals surface area contributed by atoms with E-state index < -0.39 is 11.6 Å². The minimum absolute atomic E-state index is 0.0706. The lowest BCUT2D eigenvalue weighted by atomic mass is 9.84. The number of aldehydes is 1. The van der Waals surface area contributed by atoms with Crippen LogP contribution in [0.5, 0.6) is 0 Å². The molecule has 0 bridgehead atoms. The average molecular weight is 280 g/mol. The molecule has 0 spiro atoms. The fraction of sp³-hybridized carbons (Fsp3) is 0.643. The minimum Gasteiger partial charge on any atom is -0.455 e. The molecule has 20 heavy (non-hydrogen) atoms. The van der Waals surface area contributed by atoms with Crippen molar-refractivity contribution in [1.82, 2.24) is 10.2 Å². The van der Waals surface area contributed by atoms with E-state index in [1.807, 2.05) is 0 Å². The number of likely N-dealkylation sites (N-methyl/N-ethyl adjacent to an activating group) is 1. The second-order valence-electron chi connectivity index (χ2n) is 6.07. The van der Waals surface area contributed by atoms with Crippen LogP contribution >= 0.6 is 0 Å². The van der Waals surface area contributed by atoms with Gasteiger partial charge < -0.3 is 10.1 Å². The molecule has 2 unspecified atom stereocenters. The van der Waals surface area contributed by atoms with Crippen molar-refractivity contribution in [2.45, 2.75) is 51.3 Å². The molecular formula is C14H20N2O4. The molecule has 1 N–H and O–H groups in total. The molecule has 1 amide bonds. The third-order valence-corrected chi connectivity index (χ3v) is 3.52. The van der Waals surface area contributed by atoms with Gasteiger partial charge in [0.05, 0.1) is 6.04 Å². The topological polar surface area (TPSA) is 75.7 Å². The molecule has 1 fully saturated rings. The monoisotopic (exact) mass is 280 g/mol. The van der Waals surface area contributed by atoms with Crippen LogP contribution in [-0.4, -0.2) is 47.8 Å². The molecule has 2 heterocycles. The van der Waals surface area contributed by atoms with Crippen LogP contribution in [0.2, 0.25) is 0 Å². The van der Waals surface area contributed by atoms with E-state index in [2.05, 4.69) is 5.32 Å². The summed E-state index contributed by atoms with van der Waals surface area (Å²) >= 11 is 0. The molecule has 0 aromatic carbocycles. The van der Waals surface area contributed by atoms with Crippen LogP contribution in [-0.2, 0) is 19.1 Å². The van der Waals surface area contributed by atoms with Crippen molar-refractivity contribution in [2.75, 3.05) is 7.05 Å². The largest absolute Gasteiger partial charge is 0.455 e. The van der Waals surface area contributed by atoms with Gasteiger partial charge in [-0.05, 0) is 40.7 Å². The predicted molar refractivity (Wildman–Crippen MR) is 71.7 cm³/mol. The number of carbonyl (C=O) groups excluding carboxylic acids is 3. The third-order valence-electron chi connectivity index (χ3n) is 3.52. The second kappa shape index (κ2) is 5.01. The molecule has 6 nitrogen and oxygen atoms in total. The van der Waals surface area contributed by atoms with Gasteiger partial charge in [0.1, 0.15) is 23.6 Å². The molecular weight excluding hydrogens is 260 g/mol. The summed E-state index contributed by atoms with van der Waals surface area (Å²) in [5.74, 6) is -0.787. The van der Waals surface area contributed by atoms with E-state index in [0.717, 1.165) is 0 Å². The Morgan fingerprint density at radius 3 is 2.60 bits per heavy atom. The van der Waals surface area contributed by atoms with E-state index in [1.54, 1.807) is 27.8 Å². The molecule has 0 radical (unpaired) electrons. The summed E-state index contributed by atoms with van der Waals surface area (Å²) in [5, 5.41) is 2.94. The third kappa shape index (κ3) is 2.35. The lowest BCUT2D eigenvalue weighted by Crippen LogP contribution is -2.70. The smallest absolute Gasteiger partial charge is 0.355 e. The van der Waals surface area contributed by atoms with Gasteiger partial charge in [-0.15, -0.1) is 0 Å². The lowest BCUT2D eigenvalue weighted by Gasteiger charge is -2.50. The normalized spacial score (nSPS) is 26.0. The van der Waals surface area contributed by atoms with Gasteiger partial charge in [-0.3, -0.25) is 14.5 Å². The first-order chi connectivity index (χ1) is 9.30. The number of rotatable bonds is 3. The Morgan fingerprint density at radius 2 is 2.10 bits per heavy atom. The average Bonchev–Trinajstić information content (AvgIpc) is 2.35. The van der Waals surface area contributed by atoms with Crippen LogP contribution in [0.15, 0.2) is 11.3 Å². The fourth-order valence-electron chi connectivity index (χ4n) is 2.68. The maximum absolute atomic E-state index is 12.3. The first-order valence-electron chi connectivity index (χ1n) is 6.72. The highest BCUT2D eigenvalue weighted by Gasteiger charge is 2.52. The van der Waals surface area contributed by atoms with E-state index in [1.165, 1.54) is 4.90 Å². The quantitative estimate of drug-likeness (QED) is 0.459. The van der Waals surface area contributed by atoms with Crippen LogP contribution in [0.3, 0.4) is 0 Å². The zero-order valence-electron chi connectivity index (χ0n) is 12.2.